The summed E-state index contributed by atoms with van der Waals surface area (Å²) >= 11 is 0. The highest BCUT2D eigenvalue weighted by atomic mass is 16.2. The number of aromatic amines is 1. The summed E-state index contributed by atoms with van der Waals surface area (Å²) in [5, 5.41) is 2.64. The summed E-state index contributed by atoms with van der Waals surface area (Å²) in [7, 11) is 1.64. The van der Waals surface area contributed by atoms with Gasteiger partial charge in [0.15, 0.2) is 11.2 Å². The molecule has 0 amide bonds. The molecule has 0 radical (unpaired) electrons. The lowest BCUT2D eigenvalue weighted by Crippen LogP contribution is -2.46. The molecule has 0 saturated carbocycles. The molecule has 2 aromatic carbocycles. The second-order valence-corrected chi connectivity index (χ2v) is 9.82. The van der Waals surface area contributed by atoms with Gasteiger partial charge in [-0.1, -0.05) is 42.5 Å². The topological polar surface area (TPSA) is 83.6 Å². The highest BCUT2D eigenvalue weighted by Gasteiger charge is 2.22. The Hall–Kier alpha value is -3.69. The number of aryl methyl sites for hydroxylation is 2. The highest BCUT2D eigenvalue weighted by molar-refractivity contribution is 5.85. The third-order valence-electron chi connectivity index (χ3n) is 7.78. The van der Waals surface area contributed by atoms with Gasteiger partial charge in [0, 0.05) is 64.2 Å². The molecule has 0 bridgehead atoms. The molecule has 0 unspecified atom stereocenters. The van der Waals surface area contributed by atoms with Gasteiger partial charge in [-0.25, -0.2) is 4.79 Å². The summed E-state index contributed by atoms with van der Waals surface area (Å²) in [4.78, 5) is 36.8. The van der Waals surface area contributed by atoms with E-state index >= 15 is 0 Å². The van der Waals surface area contributed by atoms with Crippen LogP contribution in [-0.4, -0.2) is 66.0 Å². The molecule has 0 spiro atoms. The van der Waals surface area contributed by atoms with E-state index in [9.17, 15) is 9.59 Å². The number of nitrogens with zero attached hydrogens (tertiary/aromatic N) is 6. The Labute approximate surface area is 208 Å². The largest absolute Gasteiger partial charge is 0.329 e. The van der Waals surface area contributed by atoms with Crippen molar-refractivity contribution in [1.29, 1.82) is 0 Å². The maximum Gasteiger partial charge on any atom is 0.329 e. The van der Waals surface area contributed by atoms with E-state index in [4.69, 9.17) is 4.98 Å². The van der Waals surface area contributed by atoms with Crippen LogP contribution in [0.3, 0.4) is 0 Å². The molecule has 1 N–H and O–H groups in total. The molecule has 0 aliphatic carbocycles. The lowest BCUT2D eigenvalue weighted by atomic mass is 10.0. The van der Waals surface area contributed by atoms with Gasteiger partial charge >= 0.3 is 5.69 Å². The van der Waals surface area contributed by atoms with Crippen molar-refractivity contribution in [2.75, 3.05) is 32.7 Å². The van der Waals surface area contributed by atoms with Gasteiger partial charge in [-0.2, -0.15) is 4.98 Å². The summed E-state index contributed by atoms with van der Waals surface area (Å²) < 4.78 is 5.45. The normalized spacial score (nSPS) is 15.5. The van der Waals surface area contributed by atoms with E-state index in [1.54, 1.807) is 7.05 Å². The van der Waals surface area contributed by atoms with E-state index in [0.29, 0.717) is 16.9 Å². The van der Waals surface area contributed by atoms with Crippen LogP contribution < -0.4 is 11.2 Å². The third kappa shape index (κ3) is 3.66. The van der Waals surface area contributed by atoms with Crippen molar-refractivity contribution in [3.05, 3.63) is 80.3 Å². The van der Waals surface area contributed by atoms with Crippen molar-refractivity contribution in [2.24, 2.45) is 7.05 Å². The van der Waals surface area contributed by atoms with Crippen LogP contribution in [0.25, 0.3) is 27.7 Å². The standard InChI is InChI=1S/C27H31N7O2/c1-18-19(2)34-23-24(30(3)27(36)29-25(23)35)28-26(34)33(18)16-15-31-11-13-32(14-12-31)17-21-9-6-8-20-7-4-5-10-22(20)21/h4-10H,11-17H2,1-3H3,(H,29,35,36). The fourth-order valence-electron chi connectivity index (χ4n) is 5.53. The van der Waals surface area contributed by atoms with Crippen LogP contribution in [0.15, 0.2) is 52.1 Å². The number of rotatable bonds is 5. The summed E-state index contributed by atoms with van der Waals surface area (Å²) in [6, 6.07) is 15.2. The monoisotopic (exact) mass is 485 g/mol. The van der Waals surface area contributed by atoms with Crippen molar-refractivity contribution in [3.63, 3.8) is 0 Å². The molecule has 1 fully saturated rings. The fourth-order valence-corrected chi connectivity index (χ4v) is 5.53. The van der Waals surface area contributed by atoms with E-state index < -0.39 is 11.2 Å². The first kappa shape index (κ1) is 22.8. The van der Waals surface area contributed by atoms with Gasteiger partial charge in [-0.05, 0) is 30.2 Å². The highest BCUT2D eigenvalue weighted by Crippen LogP contribution is 2.22. The molecule has 0 atom stereocenters. The van der Waals surface area contributed by atoms with Crippen molar-refractivity contribution in [1.82, 2.24) is 33.3 Å². The Morgan fingerprint density at radius 2 is 1.61 bits per heavy atom. The van der Waals surface area contributed by atoms with E-state index in [-0.39, 0.29) is 0 Å². The predicted octanol–water partition coefficient (Wildman–Crippen LogP) is 2.26. The second-order valence-electron chi connectivity index (χ2n) is 9.82. The number of hydrogen-bond acceptors (Lipinski definition) is 5. The third-order valence-corrected chi connectivity index (χ3v) is 7.78. The predicted molar refractivity (Wildman–Crippen MR) is 142 cm³/mol. The van der Waals surface area contributed by atoms with Gasteiger partial charge in [0.05, 0.1) is 0 Å². The van der Waals surface area contributed by atoms with Crippen LogP contribution in [-0.2, 0) is 20.1 Å². The summed E-state index contributed by atoms with van der Waals surface area (Å²) in [5.41, 5.74) is 3.43. The van der Waals surface area contributed by atoms with Gasteiger partial charge in [-0.15, -0.1) is 0 Å². The zero-order valence-corrected chi connectivity index (χ0v) is 21.0. The Morgan fingerprint density at radius 3 is 2.42 bits per heavy atom. The van der Waals surface area contributed by atoms with Crippen molar-refractivity contribution < 1.29 is 0 Å². The zero-order valence-electron chi connectivity index (χ0n) is 21.0. The molecule has 5 aromatic rings. The van der Waals surface area contributed by atoms with E-state index in [0.717, 1.165) is 57.2 Å². The van der Waals surface area contributed by atoms with Gasteiger partial charge in [-0.3, -0.25) is 28.5 Å². The molecular weight excluding hydrogens is 454 g/mol. The van der Waals surface area contributed by atoms with E-state index in [2.05, 4.69) is 68.7 Å². The minimum atomic E-state index is -0.449. The van der Waals surface area contributed by atoms with Crippen LogP contribution in [0.1, 0.15) is 17.0 Å². The van der Waals surface area contributed by atoms with Crippen molar-refractivity contribution in [2.45, 2.75) is 26.9 Å². The Balaban J connectivity index is 1.17. The number of aromatic nitrogens is 5. The smallest absolute Gasteiger partial charge is 0.313 e. The second kappa shape index (κ2) is 8.76. The molecule has 186 valence electrons. The van der Waals surface area contributed by atoms with Gasteiger partial charge in [0.1, 0.15) is 0 Å². The van der Waals surface area contributed by atoms with Crippen LogP contribution in [0.5, 0.6) is 0 Å². The lowest BCUT2D eigenvalue weighted by molar-refractivity contribution is 0.124. The molecule has 6 rings (SSSR count). The first-order valence-corrected chi connectivity index (χ1v) is 12.5. The van der Waals surface area contributed by atoms with Gasteiger partial charge in [0.25, 0.3) is 5.56 Å². The number of benzene rings is 2. The Kier molecular flexibility index (Phi) is 5.54. The fraction of sp³-hybridized carbons (Fsp3) is 0.370. The number of imidazole rings is 2. The molecule has 1 saturated heterocycles. The van der Waals surface area contributed by atoms with Gasteiger partial charge < -0.3 is 4.57 Å². The first-order chi connectivity index (χ1) is 17.4. The zero-order chi connectivity index (χ0) is 25.0. The minimum Gasteiger partial charge on any atom is -0.313 e. The Morgan fingerprint density at radius 1 is 0.889 bits per heavy atom. The summed E-state index contributed by atoms with van der Waals surface area (Å²) in [5.74, 6) is 0.710. The molecule has 1 aliphatic heterocycles. The van der Waals surface area contributed by atoms with Crippen LogP contribution in [0.2, 0.25) is 0 Å². The lowest BCUT2D eigenvalue weighted by Gasteiger charge is -2.35. The molecule has 4 heterocycles. The number of fused-ring (bicyclic) bond motifs is 4. The molecule has 3 aromatic heterocycles. The minimum absolute atomic E-state index is 0.400. The van der Waals surface area contributed by atoms with E-state index in [1.165, 1.54) is 20.9 Å². The number of H-pyrrole nitrogens is 1. The average molecular weight is 486 g/mol. The SMILES string of the molecule is Cc1c(C)n2c3c(=O)[nH]c(=O)n(C)c3nc2n1CCN1CCN(Cc2cccc3ccccc23)CC1. The number of piperazine rings is 1. The van der Waals surface area contributed by atoms with Crippen LogP contribution >= 0.6 is 0 Å². The van der Waals surface area contributed by atoms with Crippen LogP contribution in [0.4, 0.5) is 0 Å². The van der Waals surface area contributed by atoms with E-state index in [1.807, 2.05) is 11.3 Å². The molecule has 36 heavy (non-hydrogen) atoms. The Bertz CT molecular complexity index is 1710. The molecule has 1 aliphatic rings. The number of hydrogen-bond donors (Lipinski definition) is 1. The summed E-state index contributed by atoms with van der Waals surface area (Å²) in [6.45, 7) is 10.8. The van der Waals surface area contributed by atoms with Crippen LogP contribution in [0, 0.1) is 13.8 Å². The molecular formula is C27H31N7O2. The molecule has 9 nitrogen and oxygen atoms in total. The van der Waals surface area contributed by atoms with Crippen molar-refractivity contribution in [3.8, 4) is 0 Å². The van der Waals surface area contributed by atoms with Crippen molar-refractivity contribution >= 4 is 27.7 Å². The quantitative estimate of drug-likeness (QED) is 0.413. The maximum atomic E-state index is 12.6. The van der Waals surface area contributed by atoms with Gasteiger partial charge in [0.2, 0.25) is 5.78 Å². The first-order valence-electron chi connectivity index (χ1n) is 12.5. The average Bonchev–Trinajstić information content (AvgIpc) is 3.38. The maximum absolute atomic E-state index is 12.6. The number of nitrogens with one attached hydrogen (secondary N) is 1. The summed E-state index contributed by atoms with van der Waals surface area (Å²) in [6.07, 6.45) is 0. The molecule has 9 heteroatoms.